The number of hydrogen-bond acceptors (Lipinski definition) is 4. The Morgan fingerprint density at radius 2 is 1.71 bits per heavy atom. The van der Waals surface area contributed by atoms with E-state index in [9.17, 15) is 4.79 Å². The fourth-order valence-electron chi connectivity index (χ4n) is 1.85. The number of carbonyl (C=O) groups excluding carboxylic acids is 1. The van der Waals surface area contributed by atoms with Gasteiger partial charge in [-0.15, -0.1) is 0 Å². The molecule has 0 bridgehead atoms. The quantitative estimate of drug-likeness (QED) is 0.580. The van der Waals surface area contributed by atoms with Crippen LogP contribution in [0.25, 0.3) is 0 Å². The number of anilines is 1. The van der Waals surface area contributed by atoms with Crippen molar-refractivity contribution in [2.24, 2.45) is 0 Å². The van der Waals surface area contributed by atoms with Gasteiger partial charge in [0.05, 0.1) is 5.75 Å². The van der Waals surface area contributed by atoms with Crippen LogP contribution in [0.1, 0.15) is 22.8 Å². The summed E-state index contributed by atoms with van der Waals surface area (Å²) in [6.45, 7) is 2.15. The number of nitrogens with one attached hydrogen (secondary N) is 1. The fraction of sp³-hybridized carbons (Fsp3) is 0.235. The first-order chi connectivity index (χ1) is 10.2. The lowest BCUT2D eigenvalue weighted by Gasteiger charge is -2.07. The lowest BCUT2D eigenvalue weighted by molar-refractivity contribution is 0.102. The molecule has 0 aliphatic carbocycles. The van der Waals surface area contributed by atoms with Crippen LogP contribution in [-0.4, -0.2) is 17.8 Å². The molecule has 0 saturated carbocycles. The summed E-state index contributed by atoms with van der Waals surface area (Å²) in [6.07, 6.45) is 3.00. The van der Waals surface area contributed by atoms with Gasteiger partial charge in [-0.25, -0.2) is 0 Å². The number of rotatable bonds is 7. The van der Waals surface area contributed by atoms with Crippen LogP contribution in [0.5, 0.6) is 0 Å². The Hall–Kier alpha value is -1.39. The summed E-state index contributed by atoms with van der Waals surface area (Å²) in [5, 5.41) is 0. The van der Waals surface area contributed by atoms with Crippen LogP contribution in [0, 0.1) is 0 Å². The monoisotopic (exact) mass is 317 g/mol. The first-order valence-corrected chi connectivity index (χ1v) is 9.08. The summed E-state index contributed by atoms with van der Waals surface area (Å²) in [4.78, 5) is 12.9. The summed E-state index contributed by atoms with van der Waals surface area (Å²) in [6, 6.07) is 16.2. The second-order valence-corrected chi connectivity index (χ2v) is 6.38. The van der Waals surface area contributed by atoms with Crippen molar-refractivity contribution < 1.29 is 4.79 Å². The average molecular weight is 317 g/mol. The molecule has 1 N–H and O–H groups in total. The lowest BCUT2D eigenvalue weighted by Crippen LogP contribution is -2.01. The number of thioether (sulfide) groups is 1. The number of aryl methyl sites for hydroxylation is 1. The molecule has 2 aromatic carbocycles. The first-order valence-electron chi connectivity index (χ1n) is 6.87. The molecule has 2 aromatic rings. The second-order valence-electron chi connectivity index (χ2n) is 4.64. The molecule has 0 fully saturated rings. The van der Waals surface area contributed by atoms with Crippen LogP contribution >= 0.6 is 23.7 Å². The van der Waals surface area contributed by atoms with Gasteiger partial charge < -0.3 is 4.72 Å². The Balaban J connectivity index is 1.92. The summed E-state index contributed by atoms with van der Waals surface area (Å²) in [5.74, 6) is 0.711. The zero-order chi connectivity index (χ0) is 15.1. The Morgan fingerprint density at radius 3 is 2.29 bits per heavy atom. The standard InChI is InChI=1S/C17H19NOS2/c1-3-13-4-10-16(11-5-13)21-18-15-8-6-14(7-9-15)17(19)12-20-2/h4-11,18H,3,12H2,1-2H3. The average Bonchev–Trinajstić information content (AvgIpc) is 2.54. The van der Waals surface area contributed by atoms with Gasteiger partial charge in [0, 0.05) is 16.1 Å². The van der Waals surface area contributed by atoms with Gasteiger partial charge in [0.15, 0.2) is 5.78 Å². The van der Waals surface area contributed by atoms with Crippen molar-refractivity contribution in [3.63, 3.8) is 0 Å². The summed E-state index contributed by atoms with van der Waals surface area (Å²) in [5.41, 5.74) is 3.11. The van der Waals surface area contributed by atoms with Gasteiger partial charge in [-0.1, -0.05) is 19.1 Å². The van der Waals surface area contributed by atoms with Crippen molar-refractivity contribution in [1.82, 2.24) is 0 Å². The predicted octanol–water partition coefficient (Wildman–Crippen LogP) is 4.91. The third kappa shape index (κ3) is 4.83. The molecular formula is C17H19NOS2. The van der Waals surface area contributed by atoms with Gasteiger partial charge in [-0.05, 0) is 66.6 Å². The third-order valence-corrected chi connectivity index (χ3v) is 4.50. The Kier molecular flexibility index (Phi) is 6.21. The first kappa shape index (κ1) is 16.0. The topological polar surface area (TPSA) is 29.1 Å². The molecule has 0 saturated heterocycles. The van der Waals surface area contributed by atoms with E-state index in [2.05, 4.69) is 35.9 Å². The molecule has 4 heteroatoms. The molecule has 2 nitrogen and oxygen atoms in total. The highest BCUT2D eigenvalue weighted by Gasteiger charge is 2.04. The molecule has 2 rings (SSSR count). The Morgan fingerprint density at radius 1 is 1.05 bits per heavy atom. The summed E-state index contributed by atoms with van der Waals surface area (Å²) >= 11 is 3.13. The molecule has 0 heterocycles. The number of Topliss-reactive ketones (excluding diaryl/α,β-unsaturated/α-hetero) is 1. The predicted molar refractivity (Wildman–Crippen MR) is 94.5 cm³/mol. The highest BCUT2D eigenvalue weighted by atomic mass is 32.2. The molecule has 0 spiro atoms. The second kappa shape index (κ2) is 8.15. The molecule has 0 unspecified atom stereocenters. The van der Waals surface area contributed by atoms with Gasteiger partial charge in [0.1, 0.15) is 0 Å². The van der Waals surface area contributed by atoms with Crippen LogP contribution in [-0.2, 0) is 6.42 Å². The molecule has 0 aliphatic rings. The minimum atomic E-state index is 0.178. The molecule has 110 valence electrons. The molecule has 0 radical (unpaired) electrons. The summed E-state index contributed by atoms with van der Waals surface area (Å²) in [7, 11) is 0. The highest BCUT2D eigenvalue weighted by molar-refractivity contribution is 8.00. The Bertz CT molecular complexity index is 579. The number of benzene rings is 2. The van der Waals surface area contributed by atoms with Crippen LogP contribution in [0.3, 0.4) is 0 Å². The number of carbonyl (C=O) groups is 1. The summed E-state index contributed by atoms with van der Waals surface area (Å²) < 4.78 is 3.30. The van der Waals surface area contributed by atoms with Crippen molar-refractivity contribution in [2.75, 3.05) is 16.7 Å². The van der Waals surface area contributed by atoms with Crippen LogP contribution < -0.4 is 4.72 Å². The molecule has 0 amide bonds. The maximum Gasteiger partial charge on any atom is 0.172 e. The van der Waals surface area contributed by atoms with E-state index >= 15 is 0 Å². The smallest absolute Gasteiger partial charge is 0.172 e. The van der Waals surface area contributed by atoms with Gasteiger partial charge in [0.25, 0.3) is 0 Å². The molecular weight excluding hydrogens is 298 g/mol. The minimum Gasteiger partial charge on any atom is -0.326 e. The van der Waals surface area contributed by atoms with Crippen LogP contribution in [0.4, 0.5) is 5.69 Å². The van der Waals surface area contributed by atoms with E-state index in [1.54, 1.807) is 23.7 Å². The van der Waals surface area contributed by atoms with Crippen LogP contribution in [0.15, 0.2) is 53.4 Å². The van der Waals surface area contributed by atoms with E-state index in [1.807, 2.05) is 30.5 Å². The third-order valence-electron chi connectivity index (χ3n) is 3.10. The fourth-order valence-corrected chi connectivity index (χ4v) is 2.92. The van der Waals surface area contributed by atoms with E-state index in [0.717, 1.165) is 17.7 Å². The minimum absolute atomic E-state index is 0.178. The van der Waals surface area contributed by atoms with Gasteiger partial charge in [-0.2, -0.15) is 11.8 Å². The van der Waals surface area contributed by atoms with E-state index < -0.39 is 0 Å². The van der Waals surface area contributed by atoms with Gasteiger partial charge in [-0.3, -0.25) is 4.79 Å². The SMILES string of the molecule is CCc1ccc(SNc2ccc(C(=O)CSC)cc2)cc1. The highest BCUT2D eigenvalue weighted by Crippen LogP contribution is 2.22. The van der Waals surface area contributed by atoms with E-state index in [0.29, 0.717) is 5.75 Å². The molecule has 0 aromatic heterocycles. The largest absolute Gasteiger partial charge is 0.326 e. The van der Waals surface area contributed by atoms with Gasteiger partial charge in [0.2, 0.25) is 0 Å². The number of hydrogen-bond donors (Lipinski definition) is 1. The van der Waals surface area contributed by atoms with Crippen LogP contribution in [0.2, 0.25) is 0 Å². The Labute approximate surface area is 134 Å². The van der Waals surface area contributed by atoms with Crippen molar-refractivity contribution in [1.29, 1.82) is 0 Å². The molecule has 0 atom stereocenters. The van der Waals surface area contributed by atoms with Crippen molar-refractivity contribution >= 4 is 35.2 Å². The maximum absolute atomic E-state index is 11.7. The van der Waals surface area contributed by atoms with E-state index in [-0.39, 0.29) is 5.78 Å². The van der Waals surface area contributed by atoms with E-state index in [4.69, 9.17) is 0 Å². The lowest BCUT2D eigenvalue weighted by atomic mass is 10.1. The number of ketones is 1. The van der Waals surface area contributed by atoms with E-state index in [1.165, 1.54) is 10.5 Å². The normalized spacial score (nSPS) is 10.4. The zero-order valence-corrected chi connectivity index (χ0v) is 13.9. The zero-order valence-electron chi connectivity index (χ0n) is 12.3. The van der Waals surface area contributed by atoms with Crippen molar-refractivity contribution in [2.45, 2.75) is 18.2 Å². The molecule has 21 heavy (non-hydrogen) atoms. The maximum atomic E-state index is 11.7. The molecule has 0 aliphatic heterocycles. The van der Waals surface area contributed by atoms with Crippen molar-refractivity contribution in [3.8, 4) is 0 Å². The van der Waals surface area contributed by atoms with Gasteiger partial charge >= 0.3 is 0 Å². The van der Waals surface area contributed by atoms with Crippen molar-refractivity contribution in [3.05, 3.63) is 59.7 Å².